The summed E-state index contributed by atoms with van der Waals surface area (Å²) in [6.07, 6.45) is 0. The lowest BCUT2D eigenvalue weighted by atomic mass is 10.2. The van der Waals surface area contributed by atoms with Crippen LogP contribution in [0.25, 0.3) is 11.6 Å². The van der Waals surface area contributed by atoms with Gasteiger partial charge in [-0.1, -0.05) is 37.3 Å². The van der Waals surface area contributed by atoms with Crippen LogP contribution in [0.1, 0.15) is 38.1 Å². The number of nitrogens with one attached hydrogen (secondary N) is 1. The Bertz CT molecular complexity index is 1100. The zero-order chi connectivity index (χ0) is 22.6. The topological polar surface area (TPSA) is 131 Å². The number of anilines is 1. The molecule has 12 heteroatoms. The average molecular weight is 465 g/mol. The van der Waals surface area contributed by atoms with E-state index in [0.29, 0.717) is 18.8 Å². The second kappa shape index (κ2) is 9.62. The van der Waals surface area contributed by atoms with E-state index in [1.807, 2.05) is 27.7 Å². The van der Waals surface area contributed by atoms with Gasteiger partial charge in [0.2, 0.25) is 10.0 Å². The van der Waals surface area contributed by atoms with Crippen LogP contribution < -0.4 is 5.32 Å². The standard InChI is InChI=1S/C19H24N6O4S2/c1-12(2)9-25(10-13(3)4)31(27,28)15-7-5-14(6-8-15)17(26)20-19-23-22-18(29-19)16-11-30-24-21-16/h5-8,11-13H,9-10H2,1-4H3,(H,20,23,26). The van der Waals surface area contributed by atoms with Crippen LogP contribution in [-0.2, 0) is 10.0 Å². The molecule has 31 heavy (non-hydrogen) atoms. The molecule has 166 valence electrons. The van der Waals surface area contributed by atoms with Gasteiger partial charge in [0.25, 0.3) is 11.8 Å². The summed E-state index contributed by atoms with van der Waals surface area (Å²) in [6.45, 7) is 8.76. The summed E-state index contributed by atoms with van der Waals surface area (Å²) in [7, 11) is -3.67. The Labute approximate surface area is 184 Å². The lowest BCUT2D eigenvalue weighted by Crippen LogP contribution is -2.37. The van der Waals surface area contributed by atoms with E-state index < -0.39 is 15.9 Å². The molecule has 3 aromatic rings. The van der Waals surface area contributed by atoms with Crippen molar-refractivity contribution >= 4 is 33.5 Å². The number of carbonyl (C=O) groups excluding carboxylic acids is 1. The van der Waals surface area contributed by atoms with E-state index in [2.05, 4.69) is 25.1 Å². The van der Waals surface area contributed by atoms with Crippen LogP contribution in [0.3, 0.4) is 0 Å². The molecule has 3 rings (SSSR count). The Kier molecular flexibility index (Phi) is 7.13. The van der Waals surface area contributed by atoms with Gasteiger partial charge in [0.15, 0.2) is 5.69 Å². The molecule has 1 aromatic carbocycles. The first kappa shape index (κ1) is 23.0. The third-order valence-electron chi connectivity index (χ3n) is 4.12. The second-order valence-electron chi connectivity index (χ2n) is 7.79. The van der Waals surface area contributed by atoms with Crippen molar-refractivity contribution in [3.05, 3.63) is 35.2 Å². The van der Waals surface area contributed by atoms with Crippen molar-refractivity contribution in [2.75, 3.05) is 18.4 Å². The van der Waals surface area contributed by atoms with Gasteiger partial charge >= 0.3 is 6.01 Å². The minimum Gasteiger partial charge on any atom is -0.401 e. The van der Waals surface area contributed by atoms with Crippen molar-refractivity contribution in [2.45, 2.75) is 32.6 Å². The molecular formula is C19H24N6O4S2. The first-order valence-electron chi connectivity index (χ1n) is 9.69. The zero-order valence-electron chi connectivity index (χ0n) is 17.6. The van der Waals surface area contributed by atoms with Gasteiger partial charge < -0.3 is 4.42 Å². The van der Waals surface area contributed by atoms with E-state index in [-0.39, 0.29) is 34.2 Å². The van der Waals surface area contributed by atoms with Crippen molar-refractivity contribution in [3.8, 4) is 11.6 Å². The summed E-state index contributed by atoms with van der Waals surface area (Å²) >= 11 is 1.14. The van der Waals surface area contributed by atoms with Gasteiger partial charge in [-0.15, -0.1) is 10.2 Å². The number of rotatable bonds is 9. The molecule has 0 atom stereocenters. The molecule has 0 aliphatic heterocycles. The third-order valence-corrected chi connectivity index (χ3v) is 6.47. The van der Waals surface area contributed by atoms with E-state index in [9.17, 15) is 13.2 Å². The lowest BCUT2D eigenvalue weighted by molar-refractivity contribution is 0.102. The van der Waals surface area contributed by atoms with Crippen LogP contribution >= 0.6 is 11.5 Å². The summed E-state index contributed by atoms with van der Waals surface area (Å²) in [6, 6.07) is 5.67. The fourth-order valence-electron chi connectivity index (χ4n) is 2.82. The molecule has 0 saturated heterocycles. The maximum Gasteiger partial charge on any atom is 0.322 e. The molecule has 10 nitrogen and oxygen atoms in total. The van der Waals surface area contributed by atoms with Gasteiger partial charge in [0.1, 0.15) is 0 Å². The minimum absolute atomic E-state index is 0.0928. The van der Waals surface area contributed by atoms with Gasteiger partial charge in [0, 0.05) is 24.0 Å². The van der Waals surface area contributed by atoms with E-state index in [1.165, 1.54) is 28.6 Å². The van der Waals surface area contributed by atoms with Crippen LogP contribution in [-0.4, -0.2) is 51.5 Å². The molecular weight excluding hydrogens is 440 g/mol. The largest absolute Gasteiger partial charge is 0.401 e. The molecule has 0 spiro atoms. The second-order valence-corrected chi connectivity index (χ2v) is 10.3. The Morgan fingerprint density at radius 1 is 1.06 bits per heavy atom. The van der Waals surface area contributed by atoms with Crippen molar-refractivity contribution in [3.63, 3.8) is 0 Å². The number of amides is 1. The number of hydrogen-bond acceptors (Lipinski definition) is 9. The molecule has 0 unspecified atom stereocenters. The molecule has 0 bridgehead atoms. The maximum atomic E-state index is 13.1. The highest BCUT2D eigenvalue weighted by Crippen LogP contribution is 2.21. The summed E-state index contributed by atoms with van der Waals surface area (Å²) in [4.78, 5) is 12.6. The summed E-state index contributed by atoms with van der Waals surface area (Å²) < 4.78 is 36.7. The van der Waals surface area contributed by atoms with E-state index >= 15 is 0 Å². The number of sulfonamides is 1. The number of aromatic nitrogens is 4. The van der Waals surface area contributed by atoms with E-state index in [0.717, 1.165) is 11.5 Å². The van der Waals surface area contributed by atoms with Gasteiger partial charge in [0.05, 0.1) is 4.90 Å². The van der Waals surface area contributed by atoms with Gasteiger partial charge in [-0.3, -0.25) is 10.1 Å². The van der Waals surface area contributed by atoms with Gasteiger partial charge in [-0.2, -0.15) is 4.31 Å². The van der Waals surface area contributed by atoms with Crippen LogP contribution in [0.2, 0.25) is 0 Å². The Morgan fingerprint density at radius 2 is 1.71 bits per heavy atom. The number of carbonyl (C=O) groups is 1. The van der Waals surface area contributed by atoms with Crippen molar-refractivity contribution < 1.29 is 17.6 Å². The van der Waals surface area contributed by atoms with Crippen LogP contribution in [0, 0.1) is 11.8 Å². The molecule has 1 amide bonds. The predicted molar refractivity (Wildman–Crippen MR) is 116 cm³/mol. The van der Waals surface area contributed by atoms with Crippen molar-refractivity contribution in [1.29, 1.82) is 0 Å². The van der Waals surface area contributed by atoms with Crippen LogP contribution in [0.4, 0.5) is 6.01 Å². The molecule has 0 aliphatic carbocycles. The summed E-state index contributed by atoms with van der Waals surface area (Å²) in [5, 5.41) is 15.5. The first-order valence-corrected chi connectivity index (χ1v) is 12.0. The Morgan fingerprint density at radius 3 is 2.26 bits per heavy atom. The molecule has 0 radical (unpaired) electrons. The van der Waals surface area contributed by atoms with Crippen LogP contribution in [0.5, 0.6) is 0 Å². The summed E-state index contributed by atoms with van der Waals surface area (Å²) in [5.74, 6) is 0.0218. The average Bonchev–Trinajstić information content (AvgIpc) is 3.38. The highest BCUT2D eigenvalue weighted by molar-refractivity contribution is 7.89. The predicted octanol–water partition coefficient (Wildman–Crippen LogP) is 3.14. The quantitative estimate of drug-likeness (QED) is 0.511. The number of benzene rings is 1. The lowest BCUT2D eigenvalue weighted by Gasteiger charge is -2.25. The summed E-state index contributed by atoms with van der Waals surface area (Å²) in [5.41, 5.74) is 0.674. The normalized spacial score (nSPS) is 12.1. The van der Waals surface area contributed by atoms with E-state index in [4.69, 9.17) is 4.42 Å². The van der Waals surface area contributed by atoms with Gasteiger partial charge in [-0.05, 0) is 47.6 Å². The smallest absolute Gasteiger partial charge is 0.322 e. The maximum absolute atomic E-state index is 13.1. The Balaban J connectivity index is 1.73. The SMILES string of the molecule is CC(C)CN(CC(C)C)S(=O)(=O)c1ccc(C(=O)Nc2nnc(-c3csnn3)o2)cc1. The van der Waals surface area contributed by atoms with Gasteiger partial charge in [-0.25, -0.2) is 8.42 Å². The highest BCUT2D eigenvalue weighted by atomic mass is 32.2. The fraction of sp³-hybridized carbons (Fsp3) is 0.421. The zero-order valence-corrected chi connectivity index (χ0v) is 19.3. The van der Waals surface area contributed by atoms with Crippen molar-refractivity contribution in [1.82, 2.24) is 24.1 Å². The van der Waals surface area contributed by atoms with Crippen molar-refractivity contribution in [2.24, 2.45) is 11.8 Å². The molecule has 2 heterocycles. The molecule has 1 N–H and O–H groups in total. The number of nitrogens with zero attached hydrogens (tertiary/aromatic N) is 5. The molecule has 0 aliphatic rings. The fourth-order valence-corrected chi connectivity index (χ4v) is 5.01. The Hall–Kier alpha value is -2.70. The molecule has 0 fully saturated rings. The number of hydrogen-bond donors (Lipinski definition) is 1. The molecule has 2 aromatic heterocycles. The highest BCUT2D eigenvalue weighted by Gasteiger charge is 2.26. The minimum atomic E-state index is -3.67. The molecule has 0 saturated carbocycles. The monoisotopic (exact) mass is 464 g/mol. The third kappa shape index (κ3) is 5.71. The first-order chi connectivity index (χ1) is 14.7. The van der Waals surface area contributed by atoms with E-state index in [1.54, 1.807) is 5.38 Å². The van der Waals surface area contributed by atoms with Crippen LogP contribution in [0.15, 0.2) is 39.0 Å².